The van der Waals surface area contributed by atoms with Crippen LogP contribution in [0, 0.1) is 0 Å². The van der Waals surface area contributed by atoms with E-state index in [2.05, 4.69) is 0 Å². The maximum Gasteiger partial charge on any atom is 0.379 e. The van der Waals surface area contributed by atoms with Crippen LogP contribution in [-0.4, -0.2) is 11.8 Å². The van der Waals surface area contributed by atoms with Gasteiger partial charge in [-0.3, -0.25) is 4.79 Å². The number of esters is 1. The molecule has 0 unspecified atom stereocenters. The first-order chi connectivity index (χ1) is 13.0. The van der Waals surface area contributed by atoms with Gasteiger partial charge >= 0.3 is 5.97 Å². The minimum atomic E-state index is -0.643. The van der Waals surface area contributed by atoms with E-state index in [0.717, 1.165) is 0 Å². The van der Waals surface area contributed by atoms with Gasteiger partial charge in [-0.2, -0.15) is 0 Å². The van der Waals surface area contributed by atoms with Crippen LogP contribution >= 0.6 is 23.2 Å². The number of hydrogen-bond acceptors (Lipinski definition) is 5. The highest BCUT2D eigenvalue weighted by Crippen LogP contribution is 2.35. The molecule has 2 heterocycles. The summed E-state index contributed by atoms with van der Waals surface area (Å²) in [6.45, 7) is 0. The second kappa shape index (κ2) is 6.95. The third-order valence-corrected chi connectivity index (χ3v) is 4.55. The summed E-state index contributed by atoms with van der Waals surface area (Å²) in [6, 6.07) is 12.6. The van der Waals surface area contributed by atoms with Gasteiger partial charge in [-0.1, -0.05) is 29.3 Å². The number of hydrogen-bond donors (Lipinski definition) is 0. The van der Waals surface area contributed by atoms with E-state index in [9.17, 15) is 9.59 Å². The standard InChI is InChI=1S/C20H10Cl2O5/c21-14-6-3-11(8-15(14)22)9-18-19(23)13-5-4-12(10-17(13)27-18)26-20(24)16-2-1-7-25-16/h1-10H. The molecule has 134 valence electrons. The number of halogens is 2. The zero-order chi connectivity index (χ0) is 19.0. The molecule has 0 atom stereocenters. The lowest BCUT2D eigenvalue weighted by atomic mass is 10.1. The van der Waals surface area contributed by atoms with Gasteiger partial charge in [0.05, 0.1) is 21.9 Å². The first-order valence-corrected chi connectivity index (χ1v) is 8.56. The lowest BCUT2D eigenvalue weighted by Crippen LogP contribution is -2.07. The largest absolute Gasteiger partial charge is 0.457 e. The van der Waals surface area contributed by atoms with Crippen molar-refractivity contribution in [2.45, 2.75) is 0 Å². The summed E-state index contributed by atoms with van der Waals surface area (Å²) in [5.74, 6) is -0.170. The Morgan fingerprint density at radius 3 is 2.63 bits per heavy atom. The molecule has 0 amide bonds. The zero-order valence-corrected chi connectivity index (χ0v) is 15.1. The van der Waals surface area contributed by atoms with Gasteiger partial charge in [0.25, 0.3) is 0 Å². The summed E-state index contributed by atoms with van der Waals surface area (Å²) in [4.78, 5) is 24.4. The average molecular weight is 401 g/mol. The Balaban J connectivity index is 1.57. The van der Waals surface area contributed by atoms with Crippen LogP contribution in [0.2, 0.25) is 10.0 Å². The van der Waals surface area contributed by atoms with Gasteiger partial charge in [0.1, 0.15) is 11.5 Å². The summed E-state index contributed by atoms with van der Waals surface area (Å²) >= 11 is 11.9. The van der Waals surface area contributed by atoms with E-state index in [1.54, 1.807) is 30.3 Å². The molecule has 0 spiro atoms. The van der Waals surface area contributed by atoms with Crippen molar-refractivity contribution in [1.82, 2.24) is 0 Å². The summed E-state index contributed by atoms with van der Waals surface area (Å²) in [5, 5.41) is 0.796. The van der Waals surface area contributed by atoms with Gasteiger partial charge in [0.2, 0.25) is 11.5 Å². The second-order valence-corrected chi connectivity index (χ2v) is 6.45. The summed E-state index contributed by atoms with van der Waals surface area (Å²) in [7, 11) is 0. The van der Waals surface area contributed by atoms with Crippen LogP contribution in [0.3, 0.4) is 0 Å². The molecule has 1 aromatic heterocycles. The smallest absolute Gasteiger partial charge is 0.379 e. The molecular weight excluding hydrogens is 391 g/mol. The molecule has 0 N–H and O–H groups in total. The van der Waals surface area contributed by atoms with Gasteiger partial charge < -0.3 is 13.9 Å². The molecule has 5 nitrogen and oxygen atoms in total. The van der Waals surface area contributed by atoms with Crippen molar-refractivity contribution in [2.75, 3.05) is 0 Å². The topological polar surface area (TPSA) is 65.7 Å². The van der Waals surface area contributed by atoms with E-state index in [1.807, 2.05) is 0 Å². The second-order valence-electron chi connectivity index (χ2n) is 5.64. The number of fused-ring (bicyclic) bond motifs is 1. The molecule has 0 fully saturated rings. The first-order valence-electron chi connectivity index (χ1n) is 7.80. The SMILES string of the molecule is O=C(Oc1ccc2c(c1)OC(=Cc1ccc(Cl)c(Cl)c1)C2=O)c1ccco1. The Labute approximate surface area is 163 Å². The number of carbonyl (C=O) groups is 2. The van der Waals surface area contributed by atoms with Crippen molar-refractivity contribution in [2.24, 2.45) is 0 Å². The number of benzene rings is 2. The Kier molecular flexibility index (Phi) is 4.48. The predicted octanol–water partition coefficient (Wildman–Crippen LogP) is 5.42. The van der Waals surface area contributed by atoms with Crippen LogP contribution in [0.25, 0.3) is 6.08 Å². The molecule has 3 aromatic rings. The van der Waals surface area contributed by atoms with Crippen LogP contribution < -0.4 is 9.47 Å². The normalized spacial score (nSPS) is 14.1. The Hall–Kier alpha value is -3.02. The van der Waals surface area contributed by atoms with E-state index < -0.39 is 5.97 Å². The lowest BCUT2D eigenvalue weighted by molar-refractivity contribution is 0.0701. The van der Waals surface area contributed by atoms with Crippen LogP contribution in [0.1, 0.15) is 26.5 Å². The minimum absolute atomic E-state index is 0.0766. The molecule has 0 saturated heterocycles. The molecule has 27 heavy (non-hydrogen) atoms. The van der Waals surface area contributed by atoms with E-state index in [0.29, 0.717) is 26.9 Å². The molecule has 4 rings (SSSR count). The fourth-order valence-electron chi connectivity index (χ4n) is 2.54. The fourth-order valence-corrected chi connectivity index (χ4v) is 2.84. The maximum absolute atomic E-state index is 12.5. The van der Waals surface area contributed by atoms with Crippen molar-refractivity contribution in [1.29, 1.82) is 0 Å². The highest BCUT2D eigenvalue weighted by Gasteiger charge is 2.28. The van der Waals surface area contributed by atoms with Crippen LogP contribution in [0.15, 0.2) is 65.0 Å². The van der Waals surface area contributed by atoms with Crippen molar-refractivity contribution in [3.8, 4) is 11.5 Å². The molecule has 1 aliphatic rings. The Bertz CT molecular complexity index is 1080. The molecule has 1 aliphatic heterocycles. The van der Waals surface area contributed by atoms with E-state index in [-0.39, 0.29) is 23.1 Å². The molecule has 2 aromatic carbocycles. The number of Topliss-reactive ketones (excluding diaryl/α,β-unsaturated/α-hetero) is 1. The summed E-state index contributed by atoms with van der Waals surface area (Å²) < 4.78 is 15.8. The molecule has 0 bridgehead atoms. The highest BCUT2D eigenvalue weighted by atomic mass is 35.5. The minimum Gasteiger partial charge on any atom is -0.457 e. The quantitative estimate of drug-likeness (QED) is 0.333. The average Bonchev–Trinajstić information content (AvgIpc) is 3.27. The number of ether oxygens (including phenoxy) is 2. The summed E-state index contributed by atoms with van der Waals surface area (Å²) in [6.07, 6.45) is 2.94. The van der Waals surface area contributed by atoms with Crippen molar-refractivity contribution >= 4 is 41.0 Å². The van der Waals surface area contributed by atoms with E-state index >= 15 is 0 Å². The zero-order valence-electron chi connectivity index (χ0n) is 13.6. The molecule has 0 aliphatic carbocycles. The number of allylic oxidation sites excluding steroid dienone is 1. The Morgan fingerprint density at radius 1 is 1.04 bits per heavy atom. The van der Waals surface area contributed by atoms with Gasteiger partial charge in [0.15, 0.2) is 5.76 Å². The van der Waals surface area contributed by atoms with Crippen molar-refractivity contribution in [3.63, 3.8) is 0 Å². The number of rotatable bonds is 3. The van der Waals surface area contributed by atoms with E-state index in [4.69, 9.17) is 37.1 Å². The third-order valence-electron chi connectivity index (χ3n) is 3.82. The molecule has 0 radical (unpaired) electrons. The number of ketones is 1. The van der Waals surface area contributed by atoms with Crippen molar-refractivity contribution in [3.05, 3.63) is 87.5 Å². The van der Waals surface area contributed by atoms with Crippen LogP contribution in [0.4, 0.5) is 0 Å². The predicted molar refractivity (Wildman–Crippen MR) is 99.5 cm³/mol. The van der Waals surface area contributed by atoms with Crippen LogP contribution in [0.5, 0.6) is 11.5 Å². The first kappa shape index (κ1) is 17.4. The molecule has 7 heteroatoms. The van der Waals surface area contributed by atoms with Gasteiger partial charge in [-0.05, 0) is 48.0 Å². The lowest BCUT2D eigenvalue weighted by Gasteiger charge is -2.04. The monoisotopic (exact) mass is 400 g/mol. The highest BCUT2D eigenvalue weighted by molar-refractivity contribution is 6.42. The van der Waals surface area contributed by atoms with Gasteiger partial charge in [-0.25, -0.2) is 4.79 Å². The van der Waals surface area contributed by atoms with Crippen molar-refractivity contribution < 1.29 is 23.5 Å². The fraction of sp³-hybridized carbons (Fsp3) is 0. The number of furan rings is 1. The number of carbonyl (C=O) groups excluding carboxylic acids is 2. The summed E-state index contributed by atoms with van der Waals surface area (Å²) in [5.41, 5.74) is 1.05. The van der Waals surface area contributed by atoms with Gasteiger partial charge in [-0.15, -0.1) is 0 Å². The Morgan fingerprint density at radius 2 is 1.89 bits per heavy atom. The molecular formula is C20H10Cl2O5. The van der Waals surface area contributed by atoms with Gasteiger partial charge in [0, 0.05) is 6.07 Å². The molecule has 0 saturated carbocycles. The third kappa shape index (κ3) is 3.47. The van der Waals surface area contributed by atoms with Crippen LogP contribution in [-0.2, 0) is 0 Å². The van der Waals surface area contributed by atoms with E-state index in [1.165, 1.54) is 30.5 Å². The maximum atomic E-state index is 12.5.